The highest BCUT2D eigenvalue weighted by Gasteiger charge is 2.24. The molecule has 1 heterocycles. The van der Waals surface area contributed by atoms with E-state index < -0.39 is 0 Å². The lowest BCUT2D eigenvalue weighted by molar-refractivity contribution is -0.120. The van der Waals surface area contributed by atoms with Crippen molar-refractivity contribution in [3.8, 4) is 17.3 Å². The Morgan fingerprint density at radius 2 is 1.31 bits per heavy atom. The van der Waals surface area contributed by atoms with Gasteiger partial charge in [-0.05, 0) is 42.7 Å². The van der Waals surface area contributed by atoms with Gasteiger partial charge in [0.05, 0.1) is 16.9 Å². The van der Waals surface area contributed by atoms with Crippen molar-refractivity contribution in [2.45, 2.75) is 32.1 Å². The average molecular weight is 427 g/mol. The molecular formula is C27H26N2O3. The van der Waals surface area contributed by atoms with Crippen LogP contribution in [0.15, 0.2) is 95.8 Å². The number of aromatic hydroxyl groups is 1. The summed E-state index contributed by atoms with van der Waals surface area (Å²) in [6.45, 7) is 1.99. The van der Waals surface area contributed by atoms with Gasteiger partial charge in [-0.15, -0.1) is 0 Å². The molecule has 162 valence electrons. The molecule has 1 N–H and O–H groups in total. The van der Waals surface area contributed by atoms with Gasteiger partial charge in [0.1, 0.15) is 5.78 Å². The van der Waals surface area contributed by atoms with Crippen LogP contribution in [0.3, 0.4) is 0 Å². The summed E-state index contributed by atoms with van der Waals surface area (Å²) < 4.78 is 2.96. The predicted molar refractivity (Wildman–Crippen MR) is 126 cm³/mol. The van der Waals surface area contributed by atoms with Gasteiger partial charge in [-0.25, -0.2) is 9.36 Å². The third kappa shape index (κ3) is 4.14. The quantitative estimate of drug-likeness (QED) is 0.430. The van der Waals surface area contributed by atoms with Crippen LogP contribution in [0, 0.1) is 0 Å². The number of carbonyl (C=O) groups is 1. The molecule has 4 rings (SSSR count). The molecule has 0 aliphatic carbocycles. The minimum absolute atomic E-state index is 0.0659. The maximum atomic E-state index is 13.4. The van der Waals surface area contributed by atoms with E-state index in [-0.39, 0.29) is 41.5 Å². The van der Waals surface area contributed by atoms with Gasteiger partial charge in [0.15, 0.2) is 0 Å². The Balaban J connectivity index is 1.70. The molecule has 3 aromatic carbocycles. The van der Waals surface area contributed by atoms with E-state index in [9.17, 15) is 14.7 Å². The van der Waals surface area contributed by atoms with Gasteiger partial charge in [-0.1, -0.05) is 73.7 Å². The Kier molecular flexibility index (Phi) is 6.36. The highest BCUT2D eigenvalue weighted by Crippen LogP contribution is 2.26. The van der Waals surface area contributed by atoms with Crippen LogP contribution >= 0.6 is 0 Å². The average Bonchev–Trinajstić information content (AvgIpc) is 3.09. The number of nitrogens with zero attached hydrogens (tertiary/aromatic N) is 2. The van der Waals surface area contributed by atoms with Crippen LogP contribution in [0.1, 0.15) is 36.8 Å². The molecule has 0 aliphatic rings. The molecule has 5 nitrogen and oxygen atoms in total. The normalized spacial score (nSPS) is 11.9. The number of ketones is 1. The van der Waals surface area contributed by atoms with E-state index in [4.69, 9.17) is 0 Å². The number of para-hydroxylation sites is 2. The molecule has 4 aromatic rings. The molecule has 0 radical (unpaired) electrons. The highest BCUT2D eigenvalue weighted by atomic mass is 16.3. The number of carbonyl (C=O) groups excluding carboxylic acids is 1. The maximum Gasteiger partial charge on any atom is 0.278 e. The molecule has 1 atom stereocenters. The molecule has 5 heteroatoms. The molecule has 0 fully saturated rings. The van der Waals surface area contributed by atoms with Gasteiger partial charge in [-0.3, -0.25) is 9.59 Å². The Morgan fingerprint density at radius 3 is 1.84 bits per heavy atom. The van der Waals surface area contributed by atoms with Crippen LogP contribution in [-0.4, -0.2) is 20.3 Å². The summed E-state index contributed by atoms with van der Waals surface area (Å²) in [5, 5.41) is 11.1. The third-order valence-corrected chi connectivity index (χ3v) is 5.74. The lowest BCUT2D eigenvalue weighted by Crippen LogP contribution is -2.22. The zero-order valence-electron chi connectivity index (χ0n) is 18.0. The lowest BCUT2D eigenvalue weighted by atomic mass is 9.89. The zero-order chi connectivity index (χ0) is 22.5. The summed E-state index contributed by atoms with van der Waals surface area (Å²) >= 11 is 0. The predicted octanol–water partition coefficient (Wildman–Crippen LogP) is 5.03. The first-order valence-electron chi connectivity index (χ1n) is 10.9. The molecule has 0 spiro atoms. The highest BCUT2D eigenvalue weighted by molar-refractivity contribution is 5.85. The van der Waals surface area contributed by atoms with Crippen LogP contribution in [-0.2, 0) is 11.2 Å². The standard InChI is InChI=1S/C27H26N2O3/c1-2-23(20-12-6-3-7-13-20)25(30)19-18-24-26(31)28(21-14-8-4-9-15-21)29(27(24)32)22-16-10-5-11-17-22/h3-17,23,31H,2,18-19H2,1H3. The Bertz CT molecular complexity index is 1240. The second kappa shape index (κ2) is 9.52. The lowest BCUT2D eigenvalue weighted by Gasteiger charge is -2.14. The van der Waals surface area contributed by atoms with Crippen molar-refractivity contribution in [1.82, 2.24) is 9.36 Å². The number of benzene rings is 3. The number of aromatic nitrogens is 2. The summed E-state index contributed by atoms with van der Waals surface area (Å²) in [6.07, 6.45) is 1.05. The number of hydrogen-bond donors (Lipinski definition) is 1. The third-order valence-electron chi connectivity index (χ3n) is 5.74. The van der Waals surface area contributed by atoms with Crippen LogP contribution in [0.2, 0.25) is 0 Å². The fourth-order valence-corrected chi connectivity index (χ4v) is 4.12. The minimum atomic E-state index is -0.321. The monoisotopic (exact) mass is 426 g/mol. The SMILES string of the molecule is CCC(C(=O)CCc1c(O)n(-c2ccccc2)n(-c2ccccc2)c1=O)c1ccccc1. The van der Waals surface area contributed by atoms with Gasteiger partial charge >= 0.3 is 0 Å². The smallest absolute Gasteiger partial charge is 0.278 e. The van der Waals surface area contributed by atoms with Gasteiger partial charge in [0.2, 0.25) is 5.88 Å². The van der Waals surface area contributed by atoms with Crippen LogP contribution < -0.4 is 5.56 Å². The first kappa shape index (κ1) is 21.4. The van der Waals surface area contributed by atoms with E-state index in [1.54, 1.807) is 0 Å². The molecule has 32 heavy (non-hydrogen) atoms. The van der Waals surface area contributed by atoms with E-state index in [2.05, 4.69) is 0 Å². The van der Waals surface area contributed by atoms with Crippen molar-refractivity contribution in [3.63, 3.8) is 0 Å². The molecule has 0 bridgehead atoms. The van der Waals surface area contributed by atoms with E-state index in [1.165, 1.54) is 9.36 Å². The number of Topliss-reactive ketones (excluding diaryl/α,β-unsaturated/α-hetero) is 1. The Labute approximate surface area is 187 Å². The molecule has 0 saturated carbocycles. The largest absolute Gasteiger partial charge is 0.493 e. The van der Waals surface area contributed by atoms with Gasteiger partial charge in [-0.2, -0.15) is 0 Å². The molecular weight excluding hydrogens is 400 g/mol. The fourth-order valence-electron chi connectivity index (χ4n) is 4.12. The van der Waals surface area contributed by atoms with Crippen molar-refractivity contribution in [3.05, 3.63) is 112 Å². The summed E-state index contributed by atoms with van der Waals surface area (Å²) in [7, 11) is 0. The van der Waals surface area contributed by atoms with Crippen molar-refractivity contribution in [2.75, 3.05) is 0 Å². The molecule has 0 amide bonds. The van der Waals surface area contributed by atoms with E-state index in [0.29, 0.717) is 17.8 Å². The minimum Gasteiger partial charge on any atom is -0.493 e. The van der Waals surface area contributed by atoms with E-state index in [0.717, 1.165) is 5.56 Å². The van der Waals surface area contributed by atoms with Crippen LogP contribution in [0.25, 0.3) is 11.4 Å². The maximum absolute atomic E-state index is 13.4. The fraction of sp³-hybridized carbons (Fsp3) is 0.185. The first-order chi connectivity index (χ1) is 15.6. The van der Waals surface area contributed by atoms with Crippen molar-refractivity contribution in [2.24, 2.45) is 0 Å². The van der Waals surface area contributed by atoms with Gasteiger partial charge in [0.25, 0.3) is 5.56 Å². The van der Waals surface area contributed by atoms with E-state index >= 15 is 0 Å². The zero-order valence-corrected chi connectivity index (χ0v) is 18.0. The Morgan fingerprint density at radius 1 is 0.812 bits per heavy atom. The summed E-state index contributed by atoms with van der Waals surface area (Å²) in [6, 6.07) is 28.1. The van der Waals surface area contributed by atoms with Crippen LogP contribution in [0.5, 0.6) is 5.88 Å². The van der Waals surface area contributed by atoms with E-state index in [1.807, 2.05) is 97.9 Å². The second-order valence-electron chi connectivity index (χ2n) is 7.74. The Hall–Kier alpha value is -3.86. The topological polar surface area (TPSA) is 64.2 Å². The number of rotatable bonds is 8. The van der Waals surface area contributed by atoms with Crippen molar-refractivity contribution < 1.29 is 9.90 Å². The van der Waals surface area contributed by atoms with Crippen molar-refractivity contribution >= 4 is 5.78 Å². The van der Waals surface area contributed by atoms with Gasteiger partial charge < -0.3 is 5.11 Å². The summed E-state index contributed by atoms with van der Waals surface area (Å²) in [4.78, 5) is 26.4. The summed E-state index contributed by atoms with van der Waals surface area (Å²) in [5.41, 5.74) is 2.21. The molecule has 0 saturated heterocycles. The molecule has 0 aliphatic heterocycles. The van der Waals surface area contributed by atoms with Crippen molar-refractivity contribution in [1.29, 1.82) is 0 Å². The number of hydrogen-bond acceptors (Lipinski definition) is 3. The second-order valence-corrected chi connectivity index (χ2v) is 7.74. The molecule has 1 aromatic heterocycles. The summed E-state index contributed by atoms with van der Waals surface area (Å²) in [5.74, 6) is -0.285. The van der Waals surface area contributed by atoms with Crippen LogP contribution in [0.4, 0.5) is 0 Å². The molecule has 1 unspecified atom stereocenters. The van der Waals surface area contributed by atoms with Gasteiger partial charge in [0, 0.05) is 12.3 Å². The first-order valence-corrected chi connectivity index (χ1v) is 10.9.